The maximum Gasteiger partial charge on any atom is 0.397 e. The average molecular weight is 275 g/mol. The van der Waals surface area contributed by atoms with Gasteiger partial charge in [-0.2, -0.15) is 13.2 Å². The van der Waals surface area contributed by atoms with Crippen molar-refractivity contribution < 1.29 is 27.9 Å². The Morgan fingerprint density at radius 2 is 1.74 bits per heavy atom. The predicted molar refractivity (Wildman–Crippen MR) is 60.3 cm³/mol. The Morgan fingerprint density at radius 3 is 2.26 bits per heavy atom. The van der Waals surface area contributed by atoms with Gasteiger partial charge in [-0.05, 0) is 11.1 Å². The molecular weight excluding hydrogens is 263 g/mol. The molecule has 19 heavy (non-hydrogen) atoms. The third-order valence-corrected chi connectivity index (χ3v) is 2.30. The molecule has 0 spiro atoms. The van der Waals surface area contributed by atoms with Crippen molar-refractivity contribution in [2.75, 3.05) is 0 Å². The Bertz CT molecular complexity index is 472. The fraction of sp³-hybridized carbons (Fsp3) is 0.333. The zero-order valence-electron chi connectivity index (χ0n) is 9.83. The first kappa shape index (κ1) is 15.0. The van der Waals surface area contributed by atoms with E-state index in [0.29, 0.717) is 11.1 Å². The van der Waals surface area contributed by atoms with Crippen LogP contribution in [0.1, 0.15) is 17.5 Å². The van der Waals surface area contributed by atoms with Crippen LogP contribution in [0.15, 0.2) is 24.3 Å². The van der Waals surface area contributed by atoms with Crippen molar-refractivity contribution in [2.24, 2.45) is 0 Å². The van der Waals surface area contributed by atoms with Gasteiger partial charge in [0.2, 0.25) is 5.91 Å². The van der Waals surface area contributed by atoms with Crippen LogP contribution in [0.2, 0.25) is 0 Å². The van der Waals surface area contributed by atoms with Crippen LogP contribution in [0, 0.1) is 0 Å². The highest BCUT2D eigenvalue weighted by Crippen LogP contribution is 2.19. The van der Waals surface area contributed by atoms with E-state index in [-0.39, 0.29) is 13.0 Å². The summed E-state index contributed by atoms with van der Waals surface area (Å²) in [6.45, 7) is -0.127. The SMILES string of the molecule is O=C(O)Cc1ccccc1CNC(=O)CC(F)(F)F. The summed E-state index contributed by atoms with van der Waals surface area (Å²) in [5.74, 6) is -2.19. The molecule has 0 aromatic heterocycles. The summed E-state index contributed by atoms with van der Waals surface area (Å²) in [6.07, 6.45) is -6.34. The molecule has 1 aromatic carbocycles. The number of carbonyl (C=O) groups is 2. The number of carboxylic acid groups (broad SMARTS) is 1. The van der Waals surface area contributed by atoms with Gasteiger partial charge in [-0.15, -0.1) is 0 Å². The number of benzene rings is 1. The molecule has 0 aliphatic carbocycles. The molecule has 0 fully saturated rings. The predicted octanol–water partition coefficient (Wildman–Crippen LogP) is 1.88. The molecule has 1 rings (SSSR count). The second-order valence-corrected chi connectivity index (χ2v) is 3.91. The van der Waals surface area contributed by atoms with Gasteiger partial charge in [-0.1, -0.05) is 24.3 Å². The second kappa shape index (κ2) is 6.21. The van der Waals surface area contributed by atoms with E-state index in [9.17, 15) is 22.8 Å². The van der Waals surface area contributed by atoms with Crippen molar-refractivity contribution >= 4 is 11.9 Å². The smallest absolute Gasteiger partial charge is 0.397 e. The Morgan fingerprint density at radius 1 is 1.16 bits per heavy atom. The van der Waals surface area contributed by atoms with E-state index in [1.54, 1.807) is 24.3 Å². The molecule has 7 heteroatoms. The molecule has 0 bridgehead atoms. The van der Waals surface area contributed by atoms with Crippen molar-refractivity contribution in [3.63, 3.8) is 0 Å². The van der Waals surface area contributed by atoms with Crippen LogP contribution in [-0.4, -0.2) is 23.2 Å². The van der Waals surface area contributed by atoms with Gasteiger partial charge in [0.1, 0.15) is 6.42 Å². The Labute approximate surface area is 107 Å². The number of hydrogen-bond donors (Lipinski definition) is 2. The molecule has 0 aliphatic rings. The summed E-state index contributed by atoms with van der Waals surface area (Å²) in [4.78, 5) is 21.6. The molecule has 0 heterocycles. The normalized spacial score (nSPS) is 11.1. The lowest BCUT2D eigenvalue weighted by molar-refractivity contribution is -0.153. The molecule has 104 valence electrons. The van der Waals surface area contributed by atoms with E-state index in [4.69, 9.17) is 5.11 Å². The number of aliphatic carboxylic acids is 1. The summed E-state index contributed by atoms with van der Waals surface area (Å²) < 4.78 is 35.8. The topological polar surface area (TPSA) is 66.4 Å². The van der Waals surface area contributed by atoms with Crippen LogP contribution in [0.25, 0.3) is 0 Å². The largest absolute Gasteiger partial charge is 0.481 e. The fourth-order valence-corrected chi connectivity index (χ4v) is 1.50. The zero-order chi connectivity index (χ0) is 14.5. The van der Waals surface area contributed by atoms with Gasteiger partial charge in [0.15, 0.2) is 0 Å². The minimum atomic E-state index is -4.55. The van der Waals surface area contributed by atoms with Crippen LogP contribution < -0.4 is 5.32 Å². The van der Waals surface area contributed by atoms with Crippen LogP contribution >= 0.6 is 0 Å². The lowest BCUT2D eigenvalue weighted by Crippen LogP contribution is -2.28. The summed E-state index contributed by atoms with van der Waals surface area (Å²) in [5, 5.41) is 10.8. The lowest BCUT2D eigenvalue weighted by Gasteiger charge is -2.10. The number of amides is 1. The van der Waals surface area contributed by atoms with E-state index < -0.39 is 24.5 Å². The summed E-state index contributed by atoms with van der Waals surface area (Å²) >= 11 is 0. The highest BCUT2D eigenvalue weighted by Gasteiger charge is 2.30. The van der Waals surface area contributed by atoms with E-state index in [1.807, 2.05) is 0 Å². The molecule has 0 aliphatic heterocycles. The number of hydrogen-bond acceptors (Lipinski definition) is 2. The van der Waals surface area contributed by atoms with Crippen molar-refractivity contribution in [3.05, 3.63) is 35.4 Å². The van der Waals surface area contributed by atoms with Crippen LogP contribution in [0.3, 0.4) is 0 Å². The van der Waals surface area contributed by atoms with Crippen molar-refractivity contribution in [1.29, 1.82) is 0 Å². The second-order valence-electron chi connectivity index (χ2n) is 3.91. The number of alkyl halides is 3. The van der Waals surface area contributed by atoms with Gasteiger partial charge in [0.05, 0.1) is 6.42 Å². The third kappa shape index (κ3) is 5.89. The lowest BCUT2D eigenvalue weighted by atomic mass is 10.0. The molecule has 0 atom stereocenters. The quantitative estimate of drug-likeness (QED) is 0.862. The van der Waals surface area contributed by atoms with Gasteiger partial charge in [0, 0.05) is 6.54 Å². The first-order chi connectivity index (χ1) is 8.78. The number of carbonyl (C=O) groups excluding carboxylic acids is 1. The molecule has 2 N–H and O–H groups in total. The van der Waals surface area contributed by atoms with Gasteiger partial charge in [-0.3, -0.25) is 9.59 Å². The van der Waals surface area contributed by atoms with Crippen molar-refractivity contribution in [2.45, 2.75) is 25.6 Å². The minimum absolute atomic E-state index is 0.127. The van der Waals surface area contributed by atoms with Gasteiger partial charge in [0.25, 0.3) is 0 Å². The first-order valence-electron chi connectivity index (χ1n) is 5.40. The van der Waals surface area contributed by atoms with E-state index in [0.717, 1.165) is 0 Å². The van der Waals surface area contributed by atoms with E-state index in [2.05, 4.69) is 5.32 Å². The molecule has 0 saturated heterocycles. The Hall–Kier alpha value is -2.05. The van der Waals surface area contributed by atoms with Gasteiger partial charge >= 0.3 is 12.1 Å². The number of halogens is 3. The number of carboxylic acids is 1. The molecule has 1 aromatic rings. The molecule has 4 nitrogen and oxygen atoms in total. The monoisotopic (exact) mass is 275 g/mol. The van der Waals surface area contributed by atoms with Crippen LogP contribution in [0.4, 0.5) is 13.2 Å². The Kier molecular flexibility index (Phi) is 4.91. The number of nitrogens with one attached hydrogen (secondary N) is 1. The highest BCUT2D eigenvalue weighted by atomic mass is 19.4. The van der Waals surface area contributed by atoms with Crippen LogP contribution in [0.5, 0.6) is 0 Å². The minimum Gasteiger partial charge on any atom is -0.481 e. The van der Waals surface area contributed by atoms with Crippen molar-refractivity contribution in [1.82, 2.24) is 5.32 Å². The number of rotatable bonds is 5. The summed E-state index contributed by atoms with van der Waals surface area (Å²) in [5.41, 5.74) is 0.947. The third-order valence-electron chi connectivity index (χ3n) is 2.30. The Balaban J connectivity index is 2.62. The first-order valence-corrected chi connectivity index (χ1v) is 5.40. The van der Waals surface area contributed by atoms with E-state index >= 15 is 0 Å². The van der Waals surface area contributed by atoms with Crippen molar-refractivity contribution in [3.8, 4) is 0 Å². The molecular formula is C12H12F3NO3. The molecule has 0 unspecified atom stereocenters. The molecule has 0 radical (unpaired) electrons. The fourth-order valence-electron chi connectivity index (χ4n) is 1.50. The summed E-state index contributed by atoms with van der Waals surface area (Å²) in [6, 6.07) is 6.36. The average Bonchev–Trinajstić information content (AvgIpc) is 2.24. The zero-order valence-corrected chi connectivity index (χ0v) is 9.83. The maximum absolute atomic E-state index is 11.9. The standard InChI is InChI=1S/C12H12F3NO3/c13-12(14,15)6-10(17)16-7-9-4-2-1-3-8(9)5-11(18)19/h1-4H,5-7H2,(H,16,17)(H,18,19). The van der Waals surface area contributed by atoms with E-state index in [1.165, 1.54) is 0 Å². The molecule has 0 saturated carbocycles. The molecule has 1 amide bonds. The highest BCUT2D eigenvalue weighted by molar-refractivity contribution is 5.76. The maximum atomic E-state index is 11.9. The van der Waals surface area contributed by atoms with Gasteiger partial charge < -0.3 is 10.4 Å². The van der Waals surface area contributed by atoms with Crippen LogP contribution in [-0.2, 0) is 22.6 Å². The van der Waals surface area contributed by atoms with Gasteiger partial charge in [-0.25, -0.2) is 0 Å². The summed E-state index contributed by atoms with van der Waals surface area (Å²) in [7, 11) is 0.